The second-order valence-corrected chi connectivity index (χ2v) is 6.95. The van der Waals surface area contributed by atoms with Crippen LogP contribution in [0.25, 0.3) is 0 Å². The van der Waals surface area contributed by atoms with Crippen LogP contribution in [0.3, 0.4) is 0 Å². The van der Waals surface area contributed by atoms with E-state index in [4.69, 9.17) is 4.74 Å². The van der Waals surface area contributed by atoms with Gasteiger partial charge in [0.15, 0.2) is 11.9 Å². The summed E-state index contributed by atoms with van der Waals surface area (Å²) in [5, 5.41) is 3.31. The maximum atomic E-state index is 12.6. The highest BCUT2D eigenvalue weighted by Crippen LogP contribution is 2.39. The van der Waals surface area contributed by atoms with Crippen LogP contribution in [0.5, 0.6) is 0 Å². The summed E-state index contributed by atoms with van der Waals surface area (Å²) >= 11 is 1.46. The van der Waals surface area contributed by atoms with Crippen LogP contribution in [0.4, 0.5) is 5.00 Å². The Morgan fingerprint density at radius 1 is 1.18 bits per heavy atom. The van der Waals surface area contributed by atoms with Crippen LogP contribution in [0.1, 0.15) is 59.8 Å². The van der Waals surface area contributed by atoms with Gasteiger partial charge in [-0.15, -0.1) is 11.3 Å². The summed E-state index contributed by atoms with van der Waals surface area (Å²) in [6.07, 6.45) is 5.14. The van der Waals surface area contributed by atoms with E-state index in [2.05, 4.69) is 5.32 Å². The van der Waals surface area contributed by atoms with Crippen molar-refractivity contribution in [2.45, 2.75) is 58.0 Å². The maximum Gasteiger partial charge on any atom is 0.342 e. The van der Waals surface area contributed by atoms with E-state index in [1.807, 2.05) is 0 Å². The second-order valence-electron chi connectivity index (χ2n) is 5.85. The van der Waals surface area contributed by atoms with E-state index >= 15 is 0 Å². The lowest BCUT2D eigenvalue weighted by atomic mass is 9.95. The molecule has 0 spiro atoms. The molecule has 0 aliphatic heterocycles. The Labute approximate surface area is 133 Å². The van der Waals surface area contributed by atoms with Crippen LogP contribution in [-0.4, -0.2) is 23.8 Å². The minimum Gasteiger partial charge on any atom is -0.451 e. The fourth-order valence-corrected chi connectivity index (χ4v) is 4.45. The van der Waals surface area contributed by atoms with Crippen molar-refractivity contribution in [1.29, 1.82) is 0 Å². The van der Waals surface area contributed by atoms with Gasteiger partial charge in [0.1, 0.15) is 5.00 Å². The molecule has 0 bridgehead atoms. The lowest BCUT2D eigenvalue weighted by molar-refractivity contribution is -0.124. The third-order valence-corrected chi connectivity index (χ3v) is 5.37. The van der Waals surface area contributed by atoms with Gasteiger partial charge >= 0.3 is 5.97 Å². The van der Waals surface area contributed by atoms with Crippen LogP contribution in [0, 0.1) is 0 Å². The van der Waals surface area contributed by atoms with Gasteiger partial charge in [-0.3, -0.25) is 9.59 Å². The smallest absolute Gasteiger partial charge is 0.342 e. The first-order valence-corrected chi connectivity index (χ1v) is 8.53. The third kappa shape index (κ3) is 2.92. The summed E-state index contributed by atoms with van der Waals surface area (Å²) in [7, 11) is 0. The van der Waals surface area contributed by atoms with Crippen LogP contribution < -0.4 is 5.32 Å². The number of hydrogen-bond donors (Lipinski definition) is 1. The van der Waals surface area contributed by atoms with Crippen molar-refractivity contribution in [1.82, 2.24) is 0 Å². The van der Waals surface area contributed by atoms with Crippen molar-refractivity contribution in [3.8, 4) is 0 Å². The summed E-state index contributed by atoms with van der Waals surface area (Å²) < 4.78 is 5.42. The molecular weight excluding hydrogens is 302 g/mol. The predicted octanol–water partition coefficient (Wildman–Crippen LogP) is 2.86. The molecule has 1 amide bonds. The molecule has 2 aliphatic rings. The first kappa shape index (κ1) is 15.2. The molecule has 0 radical (unpaired) electrons. The van der Waals surface area contributed by atoms with E-state index in [1.54, 1.807) is 0 Å². The number of ketones is 1. The first-order valence-electron chi connectivity index (χ1n) is 7.72. The van der Waals surface area contributed by atoms with E-state index in [0.29, 0.717) is 23.4 Å². The largest absolute Gasteiger partial charge is 0.451 e. The number of anilines is 1. The standard InChI is InChI=1S/C16H19NO4S/c1-9(18)17-15-14(10-5-2-3-8-13(10)22-15)16(20)21-12-7-4-6-11(12)19/h12H,2-8H2,1H3,(H,17,18)/t12-/m0/s1. The van der Waals surface area contributed by atoms with E-state index in [1.165, 1.54) is 18.3 Å². The summed E-state index contributed by atoms with van der Waals surface area (Å²) in [5.74, 6) is -0.675. The Bertz CT molecular complexity index is 634. The summed E-state index contributed by atoms with van der Waals surface area (Å²) in [5.41, 5.74) is 1.46. The molecule has 1 atom stereocenters. The normalized spacial score (nSPS) is 20.6. The molecule has 1 N–H and O–H groups in total. The number of hydrogen-bond acceptors (Lipinski definition) is 5. The molecule has 5 nitrogen and oxygen atoms in total. The van der Waals surface area contributed by atoms with Crippen LogP contribution in [0.15, 0.2) is 0 Å². The number of thiophene rings is 1. The maximum absolute atomic E-state index is 12.6. The first-order chi connectivity index (χ1) is 10.6. The fraction of sp³-hybridized carbons (Fsp3) is 0.562. The quantitative estimate of drug-likeness (QED) is 0.869. The zero-order valence-corrected chi connectivity index (χ0v) is 13.4. The van der Waals surface area contributed by atoms with Crippen molar-refractivity contribution in [3.63, 3.8) is 0 Å². The number of ether oxygens (including phenoxy) is 1. The van der Waals surface area contributed by atoms with Crippen LogP contribution in [-0.2, 0) is 27.2 Å². The van der Waals surface area contributed by atoms with E-state index in [9.17, 15) is 14.4 Å². The predicted molar refractivity (Wildman–Crippen MR) is 83.3 cm³/mol. The van der Waals surface area contributed by atoms with Gasteiger partial charge in [0.05, 0.1) is 5.56 Å². The number of fused-ring (bicyclic) bond motifs is 1. The zero-order valence-electron chi connectivity index (χ0n) is 12.6. The third-order valence-electron chi connectivity index (χ3n) is 4.16. The zero-order chi connectivity index (χ0) is 15.7. The Balaban J connectivity index is 1.89. The van der Waals surface area contributed by atoms with Crippen molar-refractivity contribution in [2.75, 3.05) is 5.32 Å². The molecule has 3 rings (SSSR count). The molecule has 0 aromatic carbocycles. The van der Waals surface area contributed by atoms with Gasteiger partial charge < -0.3 is 10.1 Å². The van der Waals surface area contributed by atoms with Gasteiger partial charge in [-0.2, -0.15) is 0 Å². The van der Waals surface area contributed by atoms with Gasteiger partial charge in [-0.1, -0.05) is 0 Å². The topological polar surface area (TPSA) is 72.5 Å². The minimum atomic E-state index is -0.614. The Morgan fingerprint density at radius 2 is 1.95 bits per heavy atom. The SMILES string of the molecule is CC(=O)Nc1sc2c(c1C(=O)O[C@H]1CCCC1=O)CCCC2. The number of rotatable bonds is 3. The number of amides is 1. The van der Waals surface area contributed by atoms with Crippen LogP contribution >= 0.6 is 11.3 Å². The van der Waals surface area contributed by atoms with Gasteiger partial charge in [-0.25, -0.2) is 4.79 Å². The molecule has 1 aromatic heterocycles. The molecule has 0 saturated heterocycles. The summed E-state index contributed by atoms with van der Waals surface area (Å²) in [4.78, 5) is 36.8. The van der Waals surface area contributed by atoms with E-state index in [0.717, 1.165) is 42.5 Å². The molecular formula is C16H19NO4S. The van der Waals surface area contributed by atoms with Gasteiger partial charge in [0, 0.05) is 18.2 Å². The van der Waals surface area contributed by atoms with E-state index < -0.39 is 12.1 Å². The van der Waals surface area contributed by atoms with E-state index in [-0.39, 0.29) is 11.7 Å². The molecule has 22 heavy (non-hydrogen) atoms. The number of Topliss-reactive ketones (excluding diaryl/α,β-unsaturated/α-hetero) is 1. The molecule has 1 fully saturated rings. The van der Waals surface area contributed by atoms with Crippen molar-refractivity contribution >= 4 is 34.0 Å². The number of nitrogens with one attached hydrogen (secondary N) is 1. The average Bonchev–Trinajstić information content (AvgIpc) is 3.01. The molecule has 6 heteroatoms. The van der Waals surface area contributed by atoms with Gasteiger partial charge in [0.25, 0.3) is 0 Å². The Morgan fingerprint density at radius 3 is 2.64 bits per heavy atom. The molecule has 1 heterocycles. The Hall–Kier alpha value is -1.69. The number of aryl methyl sites for hydroxylation is 1. The summed E-state index contributed by atoms with van der Waals surface area (Å²) in [6, 6.07) is 0. The van der Waals surface area contributed by atoms with Gasteiger partial charge in [0.2, 0.25) is 5.91 Å². The molecule has 2 aliphatic carbocycles. The highest BCUT2D eigenvalue weighted by Gasteiger charge is 2.32. The molecule has 1 aromatic rings. The monoisotopic (exact) mass is 321 g/mol. The Kier molecular flexibility index (Phi) is 4.29. The second kappa shape index (κ2) is 6.20. The van der Waals surface area contributed by atoms with Gasteiger partial charge in [-0.05, 0) is 44.1 Å². The lowest BCUT2D eigenvalue weighted by Crippen LogP contribution is -2.23. The lowest BCUT2D eigenvalue weighted by Gasteiger charge is -2.14. The molecule has 1 saturated carbocycles. The number of carbonyl (C=O) groups is 3. The highest BCUT2D eigenvalue weighted by atomic mass is 32.1. The summed E-state index contributed by atoms with van der Waals surface area (Å²) in [6.45, 7) is 1.42. The number of carbonyl (C=O) groups excluding carboxylic acids is 3. The number of esters is 1. The molecule has 118 valence electrons. The highest BCUT2D eigenvalue weighted by molar-refractivity contribution is 7.17. The van der Waals surface area contributed by atoms with Crippen molar-refractivity contribution < 1.29 is 19.1 Å². The van der Waals surface area contributed by atoms with Crippen LogP contribution in [0.2, 0.25) is 0 Å². The minimum absolute atomic E-state index is 0.00137. The molecule has 0 unspecified atom stereocenters. The van der Waals surface area contributed by atoms with Crippen molar-refractivity contribution in [3.05, 3.63) is 16.0 Å². The fourth-order valence-electron chi connectivity index (χ4n) is 3.13. The van der Waals surface area contributed by atoms with Crippen molar-refractivity contribution in [2.24, 2.45) is 0 Å². The average molecular weight is 321 g/mol.